The van der Waals surface area contributed by atoms with Gasteiger partial charge < -0.3 is 26.8 Å². The number of aryl methyl sites for hydroxylation is 1. The lowest BCUT2D eigenvalue weighted by Crippen LogP contribution is -2.44. The highest BCUT2D eigenvalue weighted by Gasteiger charge is 2.17. The molecule has 0 radical (unpaired) electrons. The highest BCUT2D eigenvalue weighted by Crippen LogP contribution is 2.19. The van der Waals surface area contributed by atoms with Crippen molar-refractivity contribution in [1.82, 2.24) is 25.6 Å². The number of primary amides is 2. The fourth-order valence-electron chi connectivity index (χ4n) is 4.71. The second-order valence-corrected chi connectivity index (χ2v) is 11.8. The summed E-state index contributed by atoms with van der Waals surface area (Å²) in [5.74, 6) is -0.0704. The van der Waals surface area contributed by atoms with Gasteiger partial charge in [-0.25, -0.2) is 4.68 Å². The molecule has 0 aliphatic rings. The first kappa shape index (κ1) is 37.2. The molecule has 12 nitrogen and oxygen atoms in total. The van der Waals surface area contributed by atoms with E-state index in [9.17, 15) is 19.2 Å². The number of hydrogen-bond donors (Lipinski definition) is 4. The number of ether oxygens (including phenoxy) is 1. The van der Waals surface area contributed by atoms with Gasteiger partial charge in [-0.3, -0.25) is 19.2 Å². The molecule has 240 valence electrons. The number of amides is 3. The van der Waals surface area contributed by atoms with E-state index in [1.807, 2.05) is 13.8 Å². The largest absolute Gasteiger partial charge is 0.379 e. The first-order chi connectivity index (χ1) is 20.0. The van der Waals surface area contributed by atoms with Crippen LogP contribution in [-0.4, -0.2) is 70.3 Å². The summed E-state index contributed by atoms with van der Waals surface area (Å²) in [4.78, 5) is 47.3. The van der Waals surface area contributed by atoms with Crippen molar-refractivity contribution >= 4 is 23.5 Å². The predicted octanol–water partition coefficient (Wildman–Crippen LogP) is 2.42. The number of nitrogens with zero attached hydrogens (tertiary/aromatic N) is 3. The monoisotopic (exact) mass is 593 g/mol. The van der Waals surface area contributed by atoms with Crippen LogP contribution in [0.25, 0.3) is 0 Å². The summed E-state index contributed by atoms with van der Waals surface area (Å²) in [6, 6.07) is -0.165. The third-order valence-corrected chi connectivity index (χ3v) is 6.97. The molecular formula is C30H55N7O5. The predicted molar refractivity (Wildman–Crippen MR) is 162 cm³/mol. The van der Waals surface area contributed by atoms with Crippen molar-refractivity contribution in [2.45, 2.75) is 123 Å². The average Bonchev–Trinajstić information content (AvgIpc) is 3.37. The zero-order chi connectivity index (χ0) is 31.3. The zero-order valence-corrected chi connectivity index (χ0v) is 26.2. The lowest BCUT2D eigenvalue weighted by atomic mass is 9.91. The molecule has 2 atom stereocenters. The molecule has 42 heavy (non-hydrogen) atoms. The maximum Gasteiger partial charge on any atom is 0.234 e. The summed E-state index contributed by atoms with van der Waals surface area (Å²) in [5.41, 5.74) is 11.7. The summed E-state index contributed by atoms with van der Waals surface area (Å²) in [7, 11) is 0. The molecule has 0 aliphatic carbocycles. The van der Waals surface area contributed by atoms with Crippen molar-refractivity contribution in [1.29, 1.82) is 0 Å². The van der Waals surface area contributed by atoms with E-state index >= 15 is 0 Å². The van der Waals surface area contributed by atoms with Crippen LogP contribution in [0.15, 0.2) is 6.20 Å². The Labute approximate surface area is 251 Å². The molecule has 0 fully saturated rings. The molecule has 0 spiro atoms. The van der Waals surface area contributed by atoms with Crippen LogP contribution in [0.4, 0.5) is 0 Å². The number of aromatic nitrogens is 3. The van der Waals surface area contributed by atoms with Crippen LogP contribution < -0.4 is 22.1 Å². The van der Waals surface area contributed by atoms with Gasteiger partial charge >= 0.3 is 0 Å². The highest BCUT2D eigenvalue weighted by atomic mass is 16.5. The minimum absolute atomic E-state index is 0.0507. The summed E-state index contributed by atoms with van der Waals surface area (Å²) < 4.78 is 7.27. The standard InChI is InChI=1S/C30H55N7O5/c1-22(2)20-24(29(31)40)10-6-5-7-11-26(38)15-18-42-19-17-37-21-25(35-36-37)13-14-28(39)33-16-9-8-12-27(30(32)41)34-23(3)4/h21-24,27,34H,5-20H2,1-4H3,(H2,31,40)(H2,32,41)(H,33,39). The highest BCUT2D eigenvalue weighted by molar-refractivity contribution is 5.80. The second-order valence-electron chi connectivity index (χ2n) is 11.8. The van der Waals surface area contributed by atoms with E-state index in [4.69, 9.17) is 16.2 Å². The van der Waals surface area contributed by atoms with Gasteiger partial charge in [0.2, 0.25) is 17.7 Å². The van der Waals surface area contributed by atoms with Crippen LogP contribution in [0.2, 0.25) is 0 Å². The minimum atomic E-state index is -0.352. The van der Waals surface area contributed by atoms with E-state index in [0.29, 0.717) is 64.3 Å². The van der Waals surface area contributed by atoms with Crippen LogP contribution in [-0.2, 0) is 36.9 Å². The lowest BCUT2D eigenvalue weighted by molar-refractivity contribution is -0.123. The lowest BCUT2D eigenvalue weighted by Gasteiger charge is -2.18. The molecule has 1 heterocycles. The second kappa shape index (κ2) is 21.8. The molecule has 0 aromatic carbocycles. The molecule has 0 bridgehead atoms. The van der Waals surface area contributed by atoms with Crippen LogP contribution >= 0.6 is 0 Å². The van der Waals surface area contributed by atoms with E-state index in [0.717, 1.165) is 50.6 Å². The van der Waals surface area contributed by atoms with E-state index < -0.39 is 0 Å². The van der Waals surface area contributed by atoms with Crippen LogP contribution in [0.1, 0.15) is 104 Å². The maximum absolute atomic E-state index is 12.1. The van der Waals surface area contributed by atoms with E-state index in [2.05, 4.69) is 34.8 Å². The number of rotatable bonds is 26. The number of carbonyl (C=O) groups is 4. The molecule has 1 rings (SSSR count). The summed E-state index contributed by atoms with van der Waals surface area (Å²) in [6.07, 6.45) is 9.99. The van der Waals surface area contributed by atoms with E-state index in [1.54, 1.807) is 10.9 Å². The first-order valence-corrected chi connectivity index (χ1v) is 15.6. The molecule has 1 aromatic rings. The van der Waals surface area contributed by atoms with Gasteiger partial charge in [-0.2, -0.15) is 0 Å². The van der Waals surface area contributed by atoms with Gasteiger partial charge in [-0.1, -0.05) is 45.7 Å². The number of hydrogen-bond acceptors (Lipinski definition) is 8. The average molecular weight is 594 g/mol. The van der Waals surface area contributed by atoms with Crippen LogP contribution in [0.5, 0.6) is 0 Å². The Kier molecular flexibility index (Phi) is 19.3. The van der Waals surface area contributed by atoms with Gasteiger partial charge in [0.05, 0.1) is 31.5 Å². The Hall–Kier alpha value is -2.86. The van der Waals surface area contributed by atoms with Crippen molar-refractivity contribution in [3.05, 3.63) is 11.9 Å². The zero-order valence-electron chi connectivity index (χ0n) is 26.2. The van der Waals surface area contributed by atoms with E-state index in [1.165, 1.54) is 0 Å². The SMILES string of the molecule is CC(C)CC(CCCCCC(=O)CCOCCn1cc(CCC(=O)NCCCCC(NC(C)C)C(N)=O)nn1)C(N)=O. The normalized spacial score (nSPS) is 12.9. The first-order valence-electron chi connectivity index (χ1n) is 15.6. The Morgan fingerprint density at radius 1 is 0.905 bits per heavy atom. The van der Waals surface area contributed by atoms with Crippen molar-refractivity contribution in [2.75, 3.05) is 19.8 Å². The Balaban J connectivity index is 2.09. The molecular weight excluding hydrogens is 538 g/mol. The van der Waals surface area contributed by atoms with Crippen molar-refractivity contribution < 1.29 is 23.9 Å². The third-order valence-electron chi connectivity index (χ3n) is 6.97. The van der Waals surface area contributed by atoms with Crippen LogP contribution in [0, 0.1) is 11.8 Å². The van der Waals surface area contributed by atoms with Gasteiger partial charge in [-0.15, -0.1) is 5.10 Å². The van der Waals surface area contributed by atoms with Gasteiger partial charge in [-0.05, 0) is 44.4 Å². The Morgan fingerprint density at radius 2 is 1.64 bits per heavy atom. The smallest absolute Gasteiger partial charge is 0.234 e. The molecule has 1 aromatic heterocycles. The third kappa shape index (κ3) is 18.5. The van der Waals surface area contributed by atoms with E-state index in [-0.39, 0.29) is 41.5 Å². The molecule has 6 N–H and O–H groups in total. The fourth-order valence-corrected chi connectivity index (χ4v) is 4.71. The number of nitrogens with one attached hydrogen (secondary N) is 2. The fraction of sp³-hybridized carbons (Fsp3) is 0.800. The number of carbonyl (C=O) groups excluding carboxylic acids is 4. The molecule has 12 heteroatoms. The topological polar surface area (TPSA) is 184 Å². The summed E-state index contributed by atoms with van der Waals surface area (Å²) in [5, 5.41) is 14.2. The van der Waals surface area contributed by atoms with Crippen LogP contribution in [0.3, 0.4) is 0 Å². The van der Waals surface area contributed by atoms with Gasteiger partial charge in [0.25, 0.3) is 0 Å². The number of Topliss-reactive ketones (excluding diaryl/α,β-unsaturated/α-hetero) is 1. The maximum atomic E-state index is 12.1. The summed E-state index contributed by atoms with van der Waals surface area (Å²) in [6.45, 7) is 9.98. The molecule has 0 saturated carbocycles. The van der Waals surface area contributed by atoms with Gasteiger partial charge in [0.15, 0.2) is 0 Å². The van der Waals surface area contributed by atoms with Crippen molar-refractivity contribution in [3.63, 3.8) is 0 Å². The Bertz CT molecular complexity index is 935. The Morgan fingerprint density at radius 3 is 2.31 bits per heavy atom. The summed E-state index contributed by atoms with van der Waals surface area (Å²) >= 11 is 0. The van der Waals surface area contributed by atoms with Gasteiger partial charge in [0, 0.05) is 50.4 Å². The number of nitrogens with two attached hydrogens (primary N) is 2. The minimum Gasteiger partial charge on any atom is -0.379 e. The quantitative estimate of drug-likeness (QED) is 0.118. The molecule has 0 saturated heterocycles. The number of unbranched alkanes of at least 4 members (excludes halogenated alkanes) is 3. The molecule has 2 unspecified atom stereocenters. The molecule has 3 amide bonds. The van der Waals surface area contributed by atoms with Gasteiger partial charge in [0.1, 0.15) is 5.78 Å². The molecule has 0 aliphatic heterocycles. The van der Waals surface area contributed by atoms with Crippen molar-refractivity contribution in [2.24, 2.45) is 23.3 Å². The number of ketones is 1. The van der Waals surface area contributed by atoms with Crippen molar-refractivity contribution in [3.8, 4) is 0 Å².